The monoisotopic (exact) mass is 355 g/mol. The van der Waals surface area contributed by atoms with E-state index < -0.39 is 11.2 Å². The Balaban J connectivity index is 2.27. The number of hydrogen-bond donors (Lipinski definition) is 2. The first-order valence-corrected chi connectivity index (χ1v) is 8.90. The summed E-state index contributed by atoms with van der Waals surface area (Å²) in [5.74, 6) is -0.532. The fourth-order valence-corrected chi connectivity index (χ4v) is 3.35. The van der Waals surface area contributed by atoms with Crippen molar-refractivity contribution in [3.63, 3.8) is 0 Å². The Hall–Kier alpha value is -2.63. The van der Waals surface area contributed by atoms with Crippen LogP contribution < -0.4 is 17.0 Å². The number of ketones is 1. The van der Waals surface area contributed by atoms with Crippen LogP contribution in [0.4, 0.5) is 5.69 Å². The van der Waals surface area contributed by atoms with Crippen LogP contribution in [0.15, 0.2) is 27.8 Å². The molecule has 2 aromatic rings. The van der Waals surface area contributed by atoms with Crippen molar-refractivity contribution in [2.24, 2.45) is 5.41 Å². The SMILES string of the molecule is Cc1cc(N)cc(C(=O)c2c(C(C)C)c(=O)[nH]c(=O)n2CC2(C)CC2)c1. The summed E-state index contributed by atoms with van der Waals surface area (Å²) in [5.41, 5.74) is 7.12. The van der Waals surface area contributed by atoms with Crippen molar-refractivity contribution in [3.05, 3.63) is 61.4 Å². The lowest BCUT2D eigenvalue weighted by Crippen LogP contribution is -2.39. The van der Waals surface area contributed by atoms with Gasteiger partial charge in [0.05, 0.1) is 0 Å². The first-order valence-electron chi connectivity index (χ1n) is 8.90. The molecule has 1 aromatic carbocycles. The second-order valence-electron chi connectivity index (χ2n) is 8.03. The number of nitrogens with two attached hydrogens (primary N) is 1. The van der Waals surface area contributed by atoms with E-state index in [-0.39, 0.29) is 22.8 Å². The number of carbonyl (C=O) groups excluding carboxylic acids is 1. The molecule has 0 amide bonds. The van der Waals surface area contributed by atoms with Gasteiger partial charge in [0.2, 0.25) is 5.78 Å². The molecule has 1 saturated carbocycles. The molecule has 3 rings (SSSR count). The van der Waals surface area contributed by atoms with E-state index in [2.05, 4.69) is 11.9 Å². The number of nitrogen functional groups attached to an aromatic ring is 1. The van der Waals surface area contributed by atoms with E-state index in [1.807, 2.05) is 20.8 Å². The third-order valence-electron chi connectivity index (χ3n) is 5.03. The summed E-state index contributed by atoms with van der Waals surface area (Å²) >= 11 is 0. The van der Waals surface area contributed by atoms with E-state index in [0.717, 1.165) is 18.4 Å². The van der Waals surface area contributed by atoms with E-state index in [1.54, 1.807) is 18.2 Å². The summed E-state index contributed by atoms with van der Waals surface area (Å²) in [6, 6.07) is 5.10. The summed E-state index contributed by atoms with van der Waals surface area (Å²) in [6.45, 7) is 8.05. The zero-order valence-electron chi connectivity index (χ0n) is 15.7. The number of rotatable bonds is 5. The Morgan fingerprint density at radius 1 is 1.27 bits per heavy atom. The topological polar surface area (TPSA) is 98.0 Å². The number of benzene rings is 1. The summed E-state index contributed by atoms with van der Waals surface area (Å²) in [6.07, 6.45) is 2.00. The molecule has 1 heterocycles. The van der Waals surface area contributed by atoms with Gasteiger partial charge in [0.15, 0.2) is 0 Å². The summed E-state index contributed by atoms with van der Waals surface area (Å²) in [5, 5.41) is 0. The molecule has 3 N–H and O–H groups in total. The standard InChI is InChI=1S/C20H25N3O3/c1-11(2)15-16(17(24)13-7-12(3)8-14(21)9-13)23(10-20(4)5-6-20)19(26)22-18(15)25/h7-9,11H,5-6,10,21H2,1-4H3,(H,22,25,26). The molecule has 6 nitrogen and oxygen atoms in total. The van der Waals surface area contributed by atoms with Gasteiger partial charge in [-0.05, 0) is 54.9 Å². The van der Waals surface area contributed by atoms with Gasteiger partial charge in [-0.2, -0.15) is 0 Å². The van der Waals surface area contributed by atoms with Crippen LogP contribution in [0.2, 0.25) is 0 Å². The van der Waals surface area contributed by atoms with Gasteiger partial charge in [-0.15, -0.1) is 0 Å². The van der Waals surface area contributed by atoms with Crippen LogP contribution in [-0.4, -0.2) is 15.3 Å². The van der Waals surface area contributed by atoms with Crippen molar-refractivity contribution in [2.45, 2.75) is 53.0 Å². The predicted molar refractivity (Wildman–Crippen MR) is 102 cm³/mol. The number of hydrogen-bond acceptors (Lipinski definition) is 4. The zero-order valence-corrected chi connectivity index (χ0v) is 15.7. The third-order valence-corrected chi connectivity index (χ3v) is 5.03. The number of H-pyrrole nitrogens is 1. The molecule has 0 aliphatic heterocycles. The van der Waals surface area contributed by atoms with Crippen molar-refractivity contribution in [3.8, 4) is 0 Å². The van der Waals surface area contributed by atoms with Crippen LogP contribution in [0.25, 0.3) is 0 Å². The fraction of sp³-hybridized carbons (Fsp3) is 0.450. The van der Waals surface area contributed by atoms with Crippen LogP contribution in [0, 0.1) is 12.3 Å². The average molecular weight is 355 g/mol. The van der Waals surface area contributed by atoms with Gasteiger partial charge >= 0.3 is 5.69 Å². The number of aromatic nitrogens is 2. The lowest BCUT2D eigenvalue weighted by Gasteiger charge is -2.20. The quantitative estimate of drug-likeness (QED) is 0.636. The first kappa shape index (κ1) is 18.2. The van der Waals surface area contributed by atoms with Crippen molar-refractivity contribution in [2.75, 3.05) is 5.73 Å². The highest BCUT2D eigenvalue weighted by Gasteiger charge is 2.39. The number of anilines is 1. The molecule has 1 fully saturated rings. The molecule has 0 atom stereocenters. The smallest absolute Gasteiger partial charge is 0.328 e. The molecule has 1 aromatic heterocycles. The number of nitrogens with zero attached hydrogens (tertiary/aromatic N) is 1. The maximum Gasteiger partial charge on any atom is 0.328 e. The lowest BCUT2D eigenvalue weighted by molar-refractivity contribution is 0.102. The highest BCUT2D eigenvalue weighted by atomic mass is 16.2. The number of carbonyl (C=O) groups is 1. The van der Waals surface area contributed by atoms with Crippen LogP contribution in [0.3, 0.4) is 0 Å². The average Bonchev–Trinajstić information content (AvgIpc) is 3.25. The highest BCUT2D eigenvalue weighted by molar-refractivity contribution is 6.09. The molecule has 0 spiro atoms. The Morgan fingerprint density at radius 3 is 2.46 bits per heavy atom. The minimum absolute atomic E-state index is 0.00300. The summed E-state index contributed by atoms with van der Waals surface area (Å²) < 4.78 is 1.45. The van der Waals surface area contributed by atoms with Gasteiger partial charge in [0, 0.05) is 23.4 Å². The molecule has 0 radical (unpaired) electrons. The number of aromatic amines is 1. The molecule has 1 aliphatic carbocycles. The Labute approximate surface area is 152 Å². The van der Waals surface area contributed by atoms with Gasteiger partial charge in [-0.1, -0.05) is 20.8 Å². The molecule has 138 valence electrons. The Bertz CT molecular complexity index is 974. The van der Waals surface area contributed by atoms with Gasteiger partial charge in [-0.25, -0.2) is 4.79 Å². The molecule has 0 bridgehead atoms. The minimum atomic E-state index is -0.531. The van der Waals surface area contributed by atoms with Crippen LogP contribution in [0.5, 0.6) is 0 Å². The first-order chi connectivity index (χ1) is 12.1. The van der Waals surface area contributed by atoms with E-state index in [9.17, 15) is 14.4 Å². The maximum absolute atomic E-state index is 13.3. The van der Waals surface area contributed by atoms with Gasteiger partial charge < -0.3 is 5.73 Å². The summed E-state index contributed by atoms with van der Waals surface area (Å²) in [7, 11) is 0. The molecular weight excluding hydrogens is 330 g/mol. The predicted octanol–water partition coefficient (Wildman–Crippen LogP) is 2.58. The second kappa shape index (κ2) is 6.27. The van der Waals surface area contributed by atoms with E-state index in [1.165, 1.54) is 4.57 Å². The Morgan fingerprint density at radius 2 is 1.92 bits per heavy atom. The Kier molecular flexibility index (Phi) is 4.38. The van der Waals surface area contributed by atoms with Crippen LogP contribution in [-0.2, 0) is 6.54 Å². The normalized spacial score (nSPS) is 15.3. The maximum atomic E-state index is 13.3. The molecule has 6 heteroatoms. The largest absolute Gasteiger partial charge is 0.399 e. The molecule has 0 saturated heterocycles. The molecule has 1 aliphatic rings. The molecular formula is C20H25N3O3. The lowest BCUT2D eigenvalue weighted by atomic mass is 9.95. The molecule has 26 heavy (non-hydrogen) atoms. The van der Waals surface area contributed by atoms with Crippen molar-refractivity contribution >= 4 is 11.5 Å². The van der Waals surface area contributed by atoms with Crippen molar-refractivity contribution in [1.29, 1.82) is 0 Å². The highest BCUT2D eigenvalue weighted by Crippen LogP contribution is 2.46. The van der Waals surface area contributed by atoms with Crippen molar-refractivity contribution < 1.29 is 4.79 Å². The van der Waals surface area contributed by atoms with Crippen LogP contribution in [0.1, 0.15) is 66.7 Å². The van der Waals surface area contributed by atoms with Crippen molar-refractivity contribution in [1.82, 2.24) is 9.55 Å². The van der Waals surface area contributed by atoms with E-state index >= 15 is 0 Å². The molecule has 0 unspecified atom stereocenters. The fourth-order valence-electron chi connectivity index (χ4n) is 3.35. The van der Waals surface area contributed by atoms with Gasteiger partial charge in [0.1, 0.15) is 5.69 Å². The van der Waals surface area contributed by atoms with Gasteiger partial charge in [0.25, 0.3) is 5.56 Å². The zero-order chi connectivity index (χ0) is 19.2. The minimum Gasteiger partial charge on any atom is -0.399 e. The number of aryl methyl sites for hydroxylation is 1. The number of nitrogens with one attached hydrogen (secondary N) is 1. The third kappa shape index (κ3) is 3.36. The van der Waals surface area contributed by atoms with Gasteiger partial charge in [-0.3, -0.25) is 19.1 Å². The summed E-state index contributed by atoms with van der Waals surface area (Å²) in [4.78, 5) is 40.7. The van der Waals surface area contributed by atoms with Crippen LogP contribution >= 0.6 is 0 Å². The van der Waals surface area contributed by atoms with E-state index in [0.29, 0.717) is 23.4 Å². The van der Waals surface area contributed by atoms with E-state index in [4.69, 9.17) is 5.73 Å². The second-order valence-corrected chi connectivity index (χ2v) is 8.03.